The number of carboxylic acid groups (broad SMARTS) is 1. The number of H-pyrrole nitrogens is 1. The number of aromatic amines is 1. The number of amides is 3. The van der Waals surface area contributed by atoms with Crippen LogP contribution in [0.4, 0.5) is 0 Å². The number of carbonyl (C=O) groups excluding carboxylic acids is 3. The molecule has 1 aliphatic heterocycles. The number of nitrogens with two attached hydrogens (primary N) is 1. The van der Waals surface area contributed by atoms with Gasteiger partial charge in [0.05, 0.1) is 6.04 Å². The Bertz CT molecular complexity index is 1410. The molecule has 1 aromatic heterocycles. The number of likely N-dealkylation sites (tertiary alicyclic amines) is 1. The number of hydrogen-bond acceptors (Lipinski definition) is 7. The van der Waals surface area contributed by atoms with E-state index in [1.54, 1.807) is 18.3 Å². The zero-order chi connectivity index (χ0) is 30.2. The van der Waals surface area contributed by atoms with E-state index >= 15 is 0 Å². The fourth-order valence-electron chi connectivity index (χ4n) is 5.24. The van der Waals surface area contributed by atoms with Crippen LogP contribution in [-0.2, 0) is 32.0 Å². The highest BCUT2D eigenvalue weighted by Gasteiger charge is 2.39. The van der Waals surface area contributed by atoms with Gasteiger partial charge < -0.3 is 36.5 Å². The van der Waals surface area contributed by atoms with Crippen molar-refractivity contribution in [2.24, 2.45) is 5.73 Å². The van der Waals surface area contributed by atoms with Crippen LogP contribution in [0.15, 0.2) is 54.7 Å². The summed E-state index contributed by atoms with van der Waals surface area (Å²) in [5, 5.41) is 25.5. The molecule has 2 aromatic carbocycles. The van der Waals surface area contributed by atoms with Crippen LogP contribution in [0.3, 0.4) is 0 Å². The number of thioether (sulfide) groups is 1. The summed E-state index contributed by atoms with van der Waals surface area (Å²) in [5.41, 5.74) is 8.68. The van der Waals surface area contributed by atoms with Crippen LogP contribution < -0.4 is 16.4 Å². The number of phenols is 1. The molecule has 3 amide bonds. The molecule has 42 heavy (non-hydrogen) atoms. The number of para-hydroxylation sites is 1. The van der Waals surface area contributed by atoms with Gasteiger partial charge in [-0.25, -0.2) is 4.79 Å². The first kappa shape index (κ1) is 30.9. The van der Waals surface area contributed by atoms with Gasteiger partial charge in [0.25, 0.3) is 0 Å². The molecule has 1 aliphatic rings. The number of aromatic nitrogens is 1. The van der Waals surface area contributed by atoms with Gasteiger partial charge in [-0.3, -0.25) is 14.4 Å². The average molecular weight is 596 g/mol. The van der Waals surface area contributed by atoms with Gasteiger partial charge >= 0.3 is 5.97 Å². The SMILES string of the molecule is CSCCC(NC(=O)C1CCCN1C(=O)C(Cc1c[nH]c2ccccc12)NC(=O)C(N)Cc1ccc(O)cc1)C(=O)O. The lowest BCUT2D eigenvalue weighted by Gasteiger charge is -2.30. The Labute approximate surface area is 248 Å². The molecule has 1 saturated heterocycles. The second-order valence-corrected chi connectivity index (χ2v) is 11.5. The van der Waals surface area contributed by atoms with Crippen LogP contribution in [0.5, 0.6) is 5.75 Å². The number of phenolic OH excluding ortho intramolecular Hbond substituents is 1. The molecule has 1 fully saturated rings. The number of benzene rings is 2. The Kier molecular flexibility index (Phi) is 10.5. The summed E-state index contributed by atoms with van der Waals surface area (Å²) in [6.45, 7) is 0.305. The molecule has 0 radical (unpaired) electrons. The second kappa shape index (κ2) is 14.2. The van der Waals surface area contributed by atoms with Crippen molar-refractivity contribution in [3.05, 3.63) is 65.9 Å². The molecule has 0 saturated carbocycles. The molecule has 224 valence electrons. The molecule has 12 heteroatoms. The van der Waals surface area contributed by atoms with Crippen molar-refractivity contribution in [3.8, 4) is 5.75 Å². The van der Waals surface area contributed by atoms with Gasteiger partial charge in [0.15, 0.2) is 0 Å². The normalized spacial score (nSPS) is 17.0. The fourth-order valence-corrected chi connectivity index (χ4v) is 5.71. The standard InChI is InChI=1S/C30H37N5O6S/c1-42-14-12-24(30(40)41)33-28(38)26-7-4-13-35(26)29(39)25(16-19-17-32-23-6-3-2-5-21(19)23)34-27(37)22(31)15-18-8-10-20(36)11-9-18/h2-3,5-6,8-11,17,22,24-26,32,36H,4,7,12-16,31H2,1H3,(H,33,38)(H,34,37)(H,40,41). The second-order valence-electron chi connectivity index (χ2n) is 10.5. The predicted octanol–water partition coefficient (Wildman–Crippen LogP) is 1.78. The third kappa shape index (κ3) is 7.62. The van der Waals surface area contributed by atoms with Crippen molar-refractivity contribution >= 4 is 46.4 Å². The fraction of sp³-hybridized carbons (Fsp3) is 0.400. The van der Waals surface area contributed by atoms with E-state index in [9.17, 15) is 29.4 Å². The number of nitrogens with zero attached hydrogens (tertiary/aromatic N) is 1. The minimum atomic E-state index is -1.12. The maximum atomic E-state index is 14.0. The Balaban J connectivity index is 1.53. The van der Waals surface area contributed by atoms with E-state index < -0.39 is 47.9 Å². The molecule has 0 aliphatic carbocycles. The van der Waals surface area contributed by atoms with Crippen molar-refractivity contribution in [3.63, 3.8) is 0 Å². The van der Waals surface area contributed by atoms with Gasteiger partial charge in [0.1, 0.15) is 23.9 Å². The quantitative estimate of drug-likeness (QED) is 0.173. The van der Waals surface area contributed by atoms with Crippen molar-refractivity contribution < 1.29 is 29.4 Å². The van der Waals surface area contributed by atoms with Crippen LogP contribution in [0.1, 0.15) is 30.4 Å². The molecule has 11 nitrogen and oxygen atoms in total. The molecule has 2 heterocycles. The van der Waals surface area contributed by atoms with Crippen molar-refractivity contribution in [1.82, 2.24) is 20.5 Å². The predicted molar refractivity (Wildman–Crippen MR) is 161 cm³/mol. The molecule has 4 unspecified atom stereocenters. The zero-order valence-electron chi connectivity index (χ0n) is 23.4. The van der Waals surface area contributed by atoms with E-state index in [2.05, 4.69) is 15.6 Å². The lowest BCUT2D eigenvalue weighted by Crippen LogP contribution is -2.57. The van der Waals surface area contributed by atoms with E-state index in [-0.39, 0.29) is 25.0 Å². The maximum Gasteiger partial charge on any atom is 0.326 e. The number of fused-ring (bicyclic) bond motifs is 1. The van der Waals surface area contributed by atoms with Gasteiger partial charge in [0.2, 0.25) is 17.7 Å². The van der Waals surface area contributed by atoms with Gasteiger partial charge in [-0.15, -0.1) is 0 Å². The molecule has 3 aromatic rings. The monoisotopic (exact) mass is 595 g/mol. The summed E-state index contributed by atoms with van der Waals surface area (Å²) in [5.74, 6) is -1.93. The maximum absolute atomic E-state index is 14.0. The summed E-state index contributed by atoms with van der Waals surface area (Å²) in [7, 11) is 0. The molecule has 4 rings (SSSR count). The van der Waals surface area contributed by atoms with E-state index in [0.29, 0.717) is 25.1 Å². The van der Waals surface area contributed by atoms with E-state index in [1.165, 1.54) is 28.8 Å². The highest BCUT2D eigenvalue weighted by Crippen LogP contribution is 2.23. The van der Waals surface area contributed by atoms with E-state index in [4.69, 9.17) is 5.73 Å². The molecular weight excluding hydrogens is 558 g/mol. The van der Waals surface area contributed by atoms with E-state index in [1.807, 2.05) is 30.5 Å². The van der Waals surface area contributed by atoms with Gasteiger partial charge in [-0.1, -0.05) is 30.3 Å². The average Bonchev–Trinajstić information content (AvgIpc) is 3.63. The first-order valence-corrected chi connectivity index (χ1v) is 15.3. The number of aliphatic carboxylic acids is 1. The van der Waals surface area contributed by atoms with Crippen molar-refractivity contribution in [2.75, 3.05) is 18.6 Å². The Morgan fingerprint density at radius 1 is 1.07 bits per heavy atom. The third-order valence-electron chi connectivity index (χ3n) is 7.51. The number of carbonyl (C=O) groups is 4. The molecule has 0 bridgehead atoms. The Morgan fingerprint density at radius 2 is 1.81 bits per heavy atom. The van der Waals surface area contributed by atoms with Gasteiger partial charge in [-0.2, -0.15) is 11.8 Å². The van der Waals surface area contributed by atoms with Crippen LogP contribution in [0.2, 0.25) is 0 Å². The van der Waals surface area contributed by atoms with Crippen molar-refractivity contribution in [2.45, 2.75) is 56.3 Å². The topological polar surface area (TPSA) is 178 Å². The van der Waals surface area contributed by atoms with E-state index in [0.717, 1.165) is 22.0 Å². The van der Waals surface area contributed by atoms with Crippen LogP contribution in [-0.4, -0.2) is 86.5 Å². The molecule has 7 N–H and O–H groups in total. The highest BCUT2D eigenvalue weighted by atomic mass is 32.2. The molecule has 0 spiro atoms. The largest absolute Gasteiger partial charge is 0.508 e. The lowest BCUT2D eigenvalue weighted by atomic mass is 10.0. The van der Waals surface area contributed by atoms with Crippen molar-refractivity contribution in [1.29, 1.82) is 0 Å². The lowest BCUT2D eigenvalue weighted by molar-refractivity contribution is -0.145. The first-order chi connectivity index (χ1) is 20.2. The molecule has 4 atom stereocenters. The summed E-state index contributed by atoms with van der Waals surface area (Å²) < 4.78 is 0. The minimum absolute atomic E-state index is 0.101. The number of aromatic hydroxyl groups is 1. The first-order valence-electron chi connectivity index (χ1n) is 13.9. The van der Waals surface area contributed by atoms with Gasteiger partial charge in [-0.05, 0) is 67.0 Å². The number of carboxylic acids is 1. The minimum Gasteiger partial charge on any atom is -0.508 e. The molecular formula is C30H37N5O6S. The summed E-state index contributed by atoms with van der Waals surface area (Å²) >= 11 is 1.48. The van der Waals surface area contributed by atoms with Crippen LogP contribution in [0.25, 0.3) is 10.9 Å². The number of hydrogen-bond donors (Lipinski definition) is 6. The van der Waals surface area contributed by atoms with Gasteiger partial charge in [0, 0.05) is 30.1 Å². The number of rotatable bonds is 13. The third-order valence-corrected chi connectivity index (χ3v) is 8.15. The zero-order valence-corrected chi connectivity index (χ0v) is 24.2. The summed E-state index contributed by atoms with van der Waals surface area (Å²) in [6, 6.07) is 10.1. The Morgan fingerprint density at radius 3 is 2.52 bits per heavy atom. The number of nitrogens with one attached hydrogen (secondary N) is 3. The smallest absolute Gasteiger partial charge is 0.326 e. The summed E-state index contributed by atoms with van der Waals surface area (Å²) in [6.07, 6.45) is 5.24. The van der Waals surface area contributed by atoms with Crippen LogP contribution in [0, 0.1) is 0 Å². The Hall–Kier alpha value is -4.03. The highest BCUT2D eigenvalue weighted by molar-refractivity contribution is 7.98. The van der Waals surface area contributed by atoms with Crippen LogP contribution >= 0.6 is 11.8 Å². The summed E-state index contributed by atoms with van der Waals surface area (Å²) in [4.78, 5) is 56.8.